The number of rotatable bonds is 2. The minimum absolute atomic E-state index is 0.423. The molecule has 0 heterocycles. The molecule has 1 aromatic carbocycles. The van der Waals surface area contributed by atoms with Crippen molar-refractivity contribution in [3.63, 3.8) is 0 Å². The van der Waals surface area contributed by atoms with Crippen molar-refractivity contribution in [2.24, 2.45) is 5.73 Å². The summed E-state index contributed by atoms with van der Waals surface area (Å²) in [5.74, 6) is 0.423. The van der Waals surface area contributed by atoms with Gasteiger partial charge in [0, 0.05) is 5.02 Å². The van der Waals surface area contributed by atoms with Gasteiger partial charge in [-0.2, -0.15) is 0 Å². The topological polar surface area (TPSA) is 26.0 Å². The first kappa shape index (κ1) is 8.57. The summed E-state index contributed by atoms with van der Waals surface area (Å²) in [7, 11) is 0. The lowest BCUT2D eigenvalue weighted by molar-refractivity contribution is 0.774. The minimum atomic E-state index is 0.423. The number of hydrogen-bond donors (Lipinski definition) is 1. The smallest absolute Gasteiger partial charge is 0.0406 e. The van der Waals surface area contributed by atoms with Crippen LogP contribution in [0.3, 0.4) is 0 Å². The lowest BCUT2D eigenvalue weighted by Gasteiger charge is -2.07. The fraction of sp³-hybridized carbons (Fsp3) is 0.333. The summed E-state index contributed by atoms with van der Waals surface area (Å²) in [6, 6.07) is 7.81. The highest BCUT2D eigenvalue weighted by Gasteiger charge is 2.00. The van der Waals surface area contributed by atoms with Crippen molar-refractivity contribution in [2.75, 3.05) is 6.54 Å². The highest BCUT2D eigenvalue weighted by atomic mass is 35.5. The normalized spacial score (nSPS) is 13.0. The molecule has 0 aliphatic carbocycles. The van der Waals surface area contributed by atoms with E-state index in [1.165, 1.54) is 5.56 Å². The van der Waals surface area contributed by atoms with E-state index < -0.39 is 0 Å². The molecule has 1 rings (SSSR count). The van der Waals surface area contributed by atoms with E-state index in [2.05, 4.69) is 6.92 Å². The third kappa shape index (κ3) is 2.21. The molecule has 0 unspecified atom stereocenters. The van der Waals surface area contributed by atoms with Crippen molar-refractivity contribution < 1.29 is 0 Å². The highest BCUT2D eigenvalue weighted by Crippen LogP contribution is 2.16. The summed E-state index contributed by atoms with van der Waals surface area (Å²) >= 11 is 5.73. The van der Waals surface area contributed by atoms with E-state index in [9.17, 15) is 0 Å². The summed E-state index contributed by atoms with van der Waals surface area (Å²) in [5.41, 5.74) is 6.76. The fourth-order valence-corrected chi connectivity index (χ4v) is 1.05. The van der Waals surface area contributed by atoms with Gasteiger partial charge < -0.3 is 5.73 Å². The van der Waals surface area contributed by atoms with Crippen molar-refractivity contribution in [3.05, 3.63) is 34.9 Å². The maximum Gasteiger partial charge on any atom is 0.0406 e. The monoisotopic (exact) mass is 169 g/mol. The first-order valence-corrected chi connectivity index (χ1v) is 4.07. The van der Waals surface area contributed by atoms with Crippen LogP contribution in [0.15, 0.2) is 24.3 Å². The van der Waals surface area contributed by atoms with Crippen LogP contribution in [0, 0.1) is 0 Å². The molecule has 0 aliphatic heterocycles. The van der Waals surface area contributed by atoms with Crippen LogP contribution in [0.1, 0.15) is 18.4 Å². The molecule has 0 spiro atoms. The first-order chi connectivity index (χ1) is 5.24. The molecule has 2 heteroatoms. The van der Waals surface area contributed by atoms with Crippen LogP contribution in [-0.2, 0) is 0 Å². The molecule has 1 aromatic rings. The molecule has 60 valence electrons. The van der Waals surface area contributed by atoms with Crippen LogP contribution in [0.4, 0.5) is 0 Å². The Hall–Kier alpha value is -0.530. The van der Waals surface area contributed by atoms with Gasteiger partial charge in [0.25, 0.3) is 0 Å². The third-order valence-corrected chi connectivity index (χ3v) is 2.04. The van der Waals surface area contributed by atoms with Gasteiger partial charge in [-0.1, -0.05) is 30.7 Å². The van der Waals surface area contributed by atoms with Crippen LogP contribution >= 0.6 is 11.6 Å². The third-order valence-electron chi connectivity index (χ3n) is 1.79. The molecule has 11 heavy (non-hydrogen) atoms. The first-order valence-electron chi connectivity index (χ1n) is 3.69. The zero-order valence-electron chi connectivity index (χ0n) is 6.55. The summed E-state index contributed by atoms with van der Waals surface area (Å²) in [6.07, 6.45) is 0. The Balaban J connectivity index is 2.81. The molecule has 2 N–H and O–H groups in total. The number of benzene rings is 1. The second-order valence-corrected chi connectivity index (χ2v) is 3.12. The van der Waals surface area contributed by atoms with Crippen molar-refractivity contribution >= 4 is 11.6 Å². The van der Waals surface area contributed by atoms with Crippen LogP contribution in [0.5, 0.6) is 0 Å². The predicted molar refractivity (Wildman–Crippen MR) is 48.9 cm³/mol. The molecule has 0 radical (unpaired) electrons. The maximum absolute atomic E-state index is 5.73. The molecule has 0 fully saturated rings. The van der Waals surface area contributed by atoms with Gasteiger partial charge in [-0.05, 0) is 30.2 Å². The Bertz CT molecular complexity index is 218. The second kappa shape index (κ2) is 3.74. The Kier molecular flexibility index (Phi) is 2.92. The Labute approximate surface area is 72.2 Å². The number of hydrogen-bond acceptors (Lipinski definition) is 1. The second-order valence-electron chi connectivity index (χ2n) is 2.69. The van der Waals surface area contributed by atoms with Crippen LogP contribution in [0.2, 0.25) is 5.02 Å². The zero-order valence-corrected chi connectivity index (χ0v) is 7.31. The van der Waals surface area contributed by atoms with Gasteiger partial charge in [-0.3, -0.25) is 0 Å². The van der Waals surface area contributed by atoms with Gasteiger partial charge in [0.05, 0.1) is 0 Å². The lowest BCUT2D eigenvalue weighted by atomic mass is 10.0. The quantitative estimate of drug-likeness (QED) is 0.723. The lowest BCUT2D eigenvalue weighted by Crippen LogP contribution is -2.08. The van der Waals surface area contributed by atoms with Gasteiger partial charge in [-0.15, -0.1) is 0 Å². The molecule has 0 saturated heterocycles. The van der Waals surface area contributed by atoms with Gasteiger partial charge in [0.2, 0.25) is 0 Å². The van der Waals surface area contributed by atoms with Crippen LogP contribution < -0.4 is 5.73 Å². The van der Waals surface area contributed by atoms with Crippen molar-refractivity contribution in [1.29, 1.82) is 0 Å². The van der Waals surface area contributed by atoms with Crippen molar-refractivity contribution in [3.8, 4) is 0 Å². The van der Waals surface area contributed by atoms with Gasteiger partial charge in [0.1, 0.15) is 0 Å². The molecular weight excluding hydrogens is 158 g/mol. The number of nitrogens with two attached hydrogens (primary N) is 1. The van der Waals surface area contributed by atoms with Crippen molar-refractivity contribution in [2.45, 2.75) is 12.8 Å². The molecular formula is C9H12ClN. The summed E-state index contributed by atoms with van der Waals surface area (Å²) < 4.78 is 0. The summed E-state index contributed by atoms with van der Waals surface area (Å²) in [4.78, 5) is 0. The zero-order chi connectivity index (χ0) is 8.27. The molecule has 0 aromatic heterocycles. The molecule has 0 aliphatic rings. The number of halogens is 1. The summed E-state index contributed by atoms with van der Waals surface area (Å²) in [5, 5.41) is 0.776. The van der Waals surface area contributed by atoms with E-state index in [0.717, 1.165) is 5.02 Å². The molecule has 0 bridgehead atoms. The van der Waals surface area contributed by atoms with Crippen LogP contribution in [-0.4, -0.2) is 6.54 Å². The van der Waals surface area contributed by atoms with E-state index in [4.69, 9.17) is 17.3 Å². The average molecular weight is 170 g/mol. The average Bonchev–Trinajstić information content (AvgIpc) is 2.05. The molecule has 1 nitrogen and oxygen atoms in total. The standard InChI is InChI=1S/C9H12ClN/c1-7(6-11)8-2-4-9(10)5-3-8/h2-5,7H,6,11H2,1H3/t7-/m0/s1. The van der Waals surface area contributed by atoms with E-state index in [1.807, 2.05) is 24.3 Å². The van der Waals surface area contributed by atoms with E-state index in [-0.39, 0.29) is 0 Å². The van der Waals surface area contributed by atoms with Crippen molar-refractivity contribution in [1.82, 2.24) is 0 Å². The SMILES string of the molecule is C[C@@H](CN)c1ccc(Cl)cc1. The Morgan fingerprint density at radius 2 is 1.91 bits per heavy atom. The Morgan fingerprint density at radius 1 is 1.36 bits per heavy atom. The van der Waals surface area contributed by atoms with Crippen LogP contribution in [0.25, 0.3) is 0 Å². The maximum atomic E-state index is 5.73. The van der Waals surface area contributed by atoms with E-state index in [1.54, 1.807) is 0 Å². The van der Waals surface area contributed by atoms with Gasteiger partial charge in [0.15, 0.2) is 0 Å². The van der Waals surface area contributed by atoms with E-state index >= 15 is 0 Å². The molecule has 0 saturated carbocycles. The summed E-state index contributed by atoms with van der Waals surface area (Å²) in [6.45, 7) is 2.78. The largest absolute Gasteiger partial charge is 0.330 e. The molecule has 0 amide bonds. The fourth-order valence-electron chi connectivity index (χ4n) is 0.927. The van der Waals surface area contributed by atoms with Gasteiger partial charge >= 0.3 is 0 Å². The minimum Gasteiger partial charge on any atom is -0.330 e. The Morgan fingerprint density at radius 3 is 2.36 bits per heavy atom. The highest BCUT2D eigenvalue weighted by molar-refractivity contribution is 6.30. The van der Waals surface area contributed by atoms with E-state index in [0.29, 0.717) is 12.5 Å². The predicted octanol–water partition coefficient (Wildman–Crippen LogP) is 2.40. The molecule has 1 atom stereocenters. The van der Waals surface area contributed by atoms with Gasteiger partial charge in [-0.25, -0.2) is 0 Å².